The Bertz CT molecular complexity index is 599. The molecule has 0 heterocycles. The Labute approximate surface area is 110 Å². The number of halogens is 2. The molecular weight excluding hydrogens is 248 g/mol. The van der Waals surface area contributed by atoms with E-state index in [-0.39, 0.29) is 0 Å². The van der Waals surface area contributed by atoms with Crippen molar-refractivity contribution in [3.05, 3.63) is 64.7 Å². The standard InChI is InChI=1S/C15H15F2NO/c1-9-3-4-11(8-14(9)19-2)15(18)10-5-6-12(16)13(17)7-10/h3-8,15H,18H2,1-2H3. The van der Waals surface area contributed by atoms with Gasteiger partial charge in [-0.25, -0.2) is 8.78 Å². The van der Waals surface area contributed by atoms with Crippen LogP contribution in [0.25, 0.3) is 0 Å². The second-order valence-electron chi connectivity index (χ2n) is 4.38. The lowest BCUT2D eigenvalue weighted by molar-refractivity contribution is 0.411. The number of nitrogens with two attached hydrogens (primary N) is 1. The summed E-state index contributed by atoms with van der Waals surface area (Å²) in [6.07, 6.45) is 0. The van der Waals surface area contributed by atoms with Crippen molar-refractivity contribution in [3.63, 3.8) is 0 Å². The second kappa shape index (κ2) is 5.36. The van der Waals surface area contributed by atoms with E-state index in [2.05, 4.69) is 0 Å². The van der Waals surface area contributed by atoms with Gasteiger partial charge in [0.1, 0.15) is 5.75 Å². The third-order valence-electron chi connectivity index (χ3n) is 3.09. The molecule has 2 nitrogen and oxygen atoms in total. The summed E-state index contributed by atoms with van der Waals surface area (Å²) >= 11 is 0. The summed E-state index contributed by atoms with van der Waals surface area (Å²) in [6.45, 7) is 1.92. The van der Waals surface area contributed by atoms with E-state index in [1.807, 2.05) is 19.1 Å². The normalized spacial score (nSPS) is 12.3. The van der Waals surface area contributed by atoms with Gasteiger partial charge in [-0.05, 0) is 41.8 Å². The van der Waals surface area contributed by atoms with Gasteiger partial charge >= 0.3 is 0 Å². The molecule has 0 saturated carbocycles. The first-order valence-corrected chi connectivity index (χ1v) is 5.88. The molecule has 0 bridgehead atoms. The zero-order valence-corrected chi connectivity index (χ0v) is 10.8. The molecule has 2 N–H and O–H groups in total. The van der Waals surface area contributed by atoms with Crippen LogP contribution in [0.3, 0.4) is 0 Å². The number of methoxy groups -OCH3 is 1. The van der Waals surface area contributed by atoms with Gasteiger partial charge in [-0.2, -0.15) is 0 Å². The van der Waals surface area contributed by atoms with E-state index in [1.54, 1.807) is 13.2 Å². The summed E-state index contributed by atoms with van der Waals surface area (Å²) in [4.78, 5) is 0. The molecular formula is C15H15F2NO. The molecule has 4 heteroatoms. The molecule has 19 heavy (non-hydrogen) atoms. The molecule has 100 valence electrons. The summed E-state index contributed by atoms with van der Waals surface area (Å²) < 4.78 is 31.3. The van der Waals surface area contributed by atoms with Crippen molar-refractivity contribution in [2.75, 3.05) is 7.11 Å². The van der Waals surface area contributed by atoms with E-state index < -0.39 is 17.7 Å². The molecule has 0 aromatic heterocycles. The van der Waals surface area contributed by atoms with Gasteiger partial charge in [0.25, 0.3) is 0 Å². The topological polar surface area (TPSA) is 35.2 Å². The van der Waals surface area contributed by atoms with E-state index in [0.717, 1.165) is 29.0 Å². The minimum absolute atomic E-state index is 0.518. The van der Waals surface area contributed by atoms with Gasteiger partial charge < -0.3 is 10.5 Å². The molecule has 1 unspecified atom stereocenters. The van der Waals surface area contributed by atoms with E-state index in [9.17, 15) is 8.78 Å². The summed E-state index contributed by atoms with van der Waals surface area (Å²) in [5.41, 5.74) is 8.36. The van der Waals surface area contributed by atoms with Gasteiger partial charge in [0, 0.05) is 0 Å². The smallest absolute Gasteiger partial charge is 0.159 e. The molecule has 0 aliphatic heterocycles. The highest BCUT2D eigenvalue weighted by Crippen LogP contribution is 2.26. The molecule has 0 spiro atoms. The Morgan fingerprint density at radius 2 is 1.63 bits per heavy atom. The van der Waals surface area contributed by atoms with Gasteiger partial charge in [0.15, 0.2) is 11.6 Å². The fourth-order valence-electron chi connectivity index (χ4n) is 1.93. The lowest BCUT2D eigenvalue weighted by Gasteiger charge is -2.15. The van der Waals surface area contributed by atoms with Crippen LogP contribution in [0.1, 0.15) is 22.7 Å². The van der Waals surface area contributed by atoms with Crippen molar-refractivity contribution in [3.8, 4) is 5.75 Å². The zero-order chi connectivity index (χ0) is 14.0. The van der Waals surface area contributed by atoms with Crippen molar-refractivity contribution in [1.29, 1.82) is 0 Å². The maximum Gasteiger partial charge on any atom is 0.159 e. The summed E-state index contributed by atoms with van der Waals surface area (Å²) in [6, 6.07) is 8.70. The van der Waals surface area contributed by atoms with Crippen LogP contribution in [0.4, 0.5) is 8.78 Å². The molecule has 2 aromatic carbocycles. The Kier molecular flexibility index (Phi) is 3.81. The van der Waals surface area contributed by atoms with Crippen LogP contribution in [0, 0.1) is 18.6 Å². The molecule has 0 aliphatic rings. The van der Waals surface area contributed by atoms with Gasteiger partial charge in [-0.1, -0.05) is 18.2 Å². The number of hydrogen-bond acceptors (Lipinski definition) is 2. The number of rotatable bonds is 3. The monoisotopic (exact) mass is 263 g/mol. The SMILES string of the molecule is COc1cc(C(N)c2ccc(F)c(F)c2)ccc1C. The quantitative estimate of drug-likeness (QED) is 0.921. The third kappa shape index (κ3) is 2.74. The first kappa shape index (κ1) is 13.5. The fourth-order valence-corrected chi connectivity index (χ4v) is 1.93. The number of benzene rings is 2. The van der Waals surface area contributed by atoms with Crippen LogP contribution in [0.15, 0.2) is 36.4 Å². The third-order valence-corrected chi connectivity index (χ3v) is 3.09. The minimum Gasteiger partial charge on any atom is -0.496 e. The Morgan fingerprint density at radius 1 is 1.00 bits per heavy atom. The van der Waals surface area contributed by atoms with Crippen molar-refractivity contribution < 1.29 is 13.5 Å². The van der Waals surface area contributed by atoms with Gasteiger partial charge in [-0.15, -0.1) is 0 Å². The molecule has 0 radical (unpaired) electrons. The predicted molar refractivity (Wildman–Crippen MR) is 70.1 cm³/mol. The van der Waals surface area contributed by atoms with Crippen LogP contribution in [0.2, 0.25) is 0 Å². The largest absolute Gasteiger partial charge is 0.496 e. The first-order chi connectivity index (χ1) is 9.02. The molecule has 2 aromatic rings. The fraction of sp³-hybridized carbons (Fsp3) is 0.200. The lowest BCUT2D eigenvalue weighted by atomic mass is 9.98. The Balaban J connectivity index is 2.37. The average molecular weight is 263 g/mol. The summed E-state index contributed by atoms with van der Waals surface area (Å²) in [5.74, 6) is -1.06. The van der Waals surface area contributed by atoms with E-state index in [0.29, 0.717) is 5.56 Å². The first-order valence-electron chi connectivity index (χ1n) is 5.88. The summed E-state index contributed by atoms with van der Waals surface area (Å²) in [7, 11) is 1.58. The molecule has 2 rings (SSSR count). The highest BCUT2D eigenvalue weighted by atomic mass is 19.2. The Morgan fingerprint density at radius 3 is 2.26 bits per heavy atom. The maximum absolute atomic E-state index is 13.2. The van der Waals surface area contributed by atoms with Crippen LogP contribution in [0.5, 0.6) is 5.75 Å². The predicted octanol–water partition coefficient (Wildman–Crippen LogP) is 3.33. The van der Waals surface area contributed by atoms with Crippen molar-refractivity contribution in [2.45, 2.75) is 13.0 Å². The van der Waals surface area contributed by atoms with E-state index in [4.69, 9.17) is 10.5 Å². The van der Waals surface area contributed by atoms with Crippen molar-refractivity contribution in [2.24, 2.45) is 5.73 Å². The average Bonchev–Trinajstić information content (AvgIpc) is 2.41. The molecule has 0 saturated heterocycles. The maximum atomic E-state index is 13.2. The number of ether oxygens (including phenoxy) is 1. The van der Waals surface area contributed by atoms with Crippen LogP contribution >= 0.6 is 0 Å². The Hall–Kier alpha value is -1.94. The molecule has 0 fully saturated rings. The number of aryl methyl sites for hydroxylation is 1. The number of hydrogen-bond donors (Lipinski definition) is 1. The van der Waals surface area contributed by atoms with Gasteiger partial charge in [-0.3, -0.25) is 0 Å². The lowest BCUT2D eigenvalue weighted by Crippen LogP contribution is -2.12. The summed E-state index contributed by atoms with van der Waals surface area (Å²) in [5, 5.41) is 0. The molecule has 1 atom stereocenters. The van der Waals surface area contributed by atoms with Crippen molar-refractivity contribution >= 4 is 0 Å². The molecule has 0 aliphatic carbocycles. The van der Waals surface area contributed by atoms with Crippen LogP contribution in [-0.2, 0) is 0 Å². The van der Waals surface area contributed by atoms with E-state index in [1.165, 1.54) is 6.07 Å². The minimum atomic E-state index is -0.896. The highest BCUT2D eigenvalue weighted by Gasteiger charge is 2.13. The zero-order valence-electron chi connectivity index (χ0n) is 10.8. The van der Waals surface area contributed by atoms with Gasteiger partial charge in [0.05, 0.1) is 13.2 Å². The second-order valence-corrected chi connectivity index (χ2v) is 4.38. The van der Waals surface area contributed by atoms with Crippen LogP contribution < -0.4 is 10.5 Å². The van der Waals surface area contributed by atoms with Crippen LogP contribution in [-0.4, -0.2) is 7.11 Å². The molecule has 0 amide bonds. The van der Waals surface area contributed by atoms with Crippen molar-refractivity contribution in [1.82, 2.24) is 0 Å². The van der Waals surface area contributed by atoms with Gasteiger partial charge in [0.2, 0.25) is 0 Å². The highest BCUT2D eigenvalue weighted by molar-refractivity contribution is 5.41. The van der Waals surface area contributed by atoms with E-state index >= 15 is 0 Å².